The van der Waals surface area contributed by atoms with Gasteiger partial charge >= 0.3 is 5.97 Å². The predicted octanol–water partition coefficient (Wildman–Crippen LogP) is 5.30. The molecular weight excluding hydrogens is 260 g/mol. The van der Waals surface area contributed by atoms with Crippen LogP contribution in [0.1, 0.15) is 70.8 Å². The molecule has 0 saturated heterocycles. The number of carbonyl (C=O) groups excluding carboxylic acids is 1. The fourth-order valence-corrected chi connectivity index (χ4v) is 2.50. The van der Waals surface area contributed by atoms with Gasteiger partial charge in [0.1, 0.15) is 6.10 Å². The fourth-order valence-electron chi connectivity index (χ4n) is 2.50. The Morgan fingerprint density at radius 1 is 1.00 bits per heavy atom. The van der Waals surface area contributed by atoms with Crippen molar-refractivity contribution in [3.8, 4) is 0 Å². The molecule has 0 aliphatic heterocycles. The smallest absolute Gasteiger partial charge is 0.306 e. The maximum atomic E-state index is 11.8. The van der Waals surface area contributed by atoms with E-state index in [1.807, 2.05) is 25.1 Å². The summed E-state index contributed by atoms with van der Waals surface area (Å²) >= 11 is 0. The first-order valence-electron chi connectivity index (χ1n) is 8.45. The first-order chi connectivity index (χ1) is 10.2. The molecule has 1 aromatic carbocycles. The molecule has 0 fully saturated rings. The summed E-state index contributed by atoms with van der Waals surface area (Å²) in [5.41, 5.74) is 1.22. The van der Waals surface area contributed by atoms with Gasteiger partial charge < -0.3 is 4.74 Å². The maximum absolute atomic E-state index is 11.8. The van der Waals surface area contributed by atoms with Crippen LogP contribution < -0.4 is 0 Å². The van der Waals surface area contributed by atoms with Gasteiger partial charge in [0.15, 0.2) is 0 Å². The molecule has 118 valence electrons. The average Bonchev–Trinajstić information content (AvgIpc) is 2.47. The Bertz CT molecular complexity index is 372. The van der Waals surface area contributed by atoms with Crippen LogP contribution in [0.3, 0.4) is 0 Å². The monoisotopic (exact) mass is 290 g/mol. The highest BCUT2D eigenvalue weighted by Crippen LogP contribution is 2.10. The summed E-state index contributed by atoms with van der Waals surface area (Å²) in [4.78, 5) is 11.8. The Kier molecular flexibility index (Phi) is 9.60. The molecule has 0 aliphatic carbocycles. The molecule has 1 aromatic rings. The van der Waals surface area contributed by atoms with Gasteiger partial charge in [-0.2, -0.15) is 0 Å². The van der Waals surface area contributed by atoms with Crippen molar-refractivity contribution in [2.75, 3.05) is 0 Å². The van der Waals surface area contributed by atoms with Crippen LogP contribution >= 0.6 is 0 Å². The van der Waals surface area contributed by atoms with Crippen LogP contribution in [0.25, 0.3) is 0 Å². The minimum absolute atomic E-state index is 0.0375. The van der Waals surface area contributed by atoms with Crippen molar-refractivity contribution < 1.29 is 9.53 Å². The van der Waals surface area contributed by atoms with E-state index in [9.17, 15) is 4.79 Å². The van der Waals surface area contributed by atoms with Crippen LogP contribution in [0.2, 0.25) is 0 Å². The molecule has 0 heterocycles. The van der Waals surface area contributed by atoms with Gasteiger partial charge in [-0.3, -0.25) is 4.79 Å². The molecule has 2 nitrogen and oxygen atoms in total. The largest absolute Gasteiger partial charge is 0.462 e. The van der Waals surface area contributed by atoms with E-state index in [2.05, 4.69) is 19.1 Å². The predicted molar refractivity (Wildman–Crippen MR) is 88.3 cm³/mol. The van der Waals surface area contributed by atoms with Crippen LogP contribution in [-0.4, -0.2) is 12.1 Å². The number of rotatable bonds is 11. The maximum Gasteiger partial charge on any atom is 0.306 e. The van der Waals surface area contributed by atoms with E-state index in [4.69, 9.17) is 4.74 Å². The lowest BCUT2D eigenvalue weighted by Crippen LogP contribution is -2.17. The van der Waals surface area contributed by atoms with Gasteiger partial charge in [-0.05, 0) is 18.9 Å². The van der Waals surface area contributed by atoms with E-state index < -0.39 is 0 Å². The van der Waals surface area contributed by atoms with Crippen molar-refractivity contribution in [1.82, 2.24) is 0 Å². The summed E-state index contributed by atoms with van der Waals surface area (Å²) in [7, 11) is 0. The normalized spacial score (nSPS) is 12.1. The zero-order valence-electron chi connectivity index (χ0n) is 13.6. The summed E-state index contributed by atoms with van der Waals surface area (Å²) in [6.07, 6.45) is 9.91. The van der Waals surface area contributed by atoms with Crippen LogP contribution in [0.4, 0.5) is 0 Å². The zero-order valence-corrected chi connectivity index (χ0v) is 13.6. The summed E-state index contributed by atoms with van der Waals surface area (Å²) in [5.74, 6) is -0.0491. The third-order valence-electron chi connectivity index (χ3n) is 3.68. The second-order valence-corrected chi connectivity index (χ2v) is 5.86. The number of esters is 1. The van der Waals surface area contributed by atoms with Gasteiger partial charge in [0, 0.05) is 12.8 Å². The van der Waals surface area contributed by atoms with E-state index >= 15 is 0 Å². The molecule has 2 heteroatoms. The van der Waals surface area contributed by atoms with Crippen molar-refractivity contribution >= 4 is 5.97 Å². The number of carbonyl (C=O) groups is 1. The molecule has 0 amide bonds. The van der Waals surface area contributed by atoms with Gasteiger partial charge in [0.05, 0.1) is 0 Å². The number of benzene rings is 1. The van der Waals surface area contributed by atoms with Crippen molar-refractivity contribution in [3.05, 3.63) is 35.9 Å². The molecule has 1 atom stereocenters. The Morgan fingerprint density at radius 3 is 2.29 bits per heavy atom. The van der Waals surface area contributed by atoms with Crippen molar-refractivity contribution in [1.29, 1.82) is 0 Å². The highest BCUT2D eigenvalue weighted by Gasteiger charge is 2.09. The van der Waals surface area contributed by atoms with Gasteiger partial charge in [0.2, 0.25) is 0 Å². The number of hydrogen-bond acceptors (Lipinski definition) is 2. The van der Waals surface area contributed by atoms with Crippen molar-refractivity contribution in [2.45, 2.75) is 77.7 Å². The van der Waals surface area contributed by atoms with Gasteiger partial charge in [-0.15, -0.1) is 0 Å². The van der Waals surface area contributed by atoms with E-state index in [0.29, 0.717) is 6.42 Å². The van der Waals surface area contributed by atoms with Gasteiger partial charge in [-0.25, -0.2) is 0 Å². The standard InChI is InChI=1S/C19H30O2/c1-3-4-5-6-7-8-12-15-19(20)21-17(2)16-18-13-10-9-11-14-18/h9-11,13-14,17H,3-8,12,15-16H2,1-2H3/t17-/m0/s1. The molecule has 0 saturated carbocycles. The fraction of sp³-hybridized carbons (Fsp3) is 0.632. The lowest BCUT2D eigenvalue weighted by atomic mass is 10.1. The van der Waals surface area contributed by atoms with E-state index in [1.165, 1.54) is 37.7 Å². The molecule has 1 rings (SSSR count). The van der Waals surface area contributed by atoms with Crippen LogP contribution in [0.15, 0.2) is 30.3 Å². The van der Waals surface area contributed by atoms with Crippen molar-refractivity contribution in [3.63, 3.8) is 0 Å². The Hall–Kier alpha value is -1.31. The molecule has 0 N–H and O–H groups in total. The number of unbranched alkanes of at least 4 members (excludes halogenated alkanes) is 6. The highest BCUT2D eigenvalue weighted by atomic mass is 16.5. The molecular formula is C19H30O2. The minimum atomic E-state index is -0.0491. The third kappa shape index (κ3) is 9.28. The first-order valence-corrected chi connectivity index (χ1v) is 8.45. The summed E-state index contributed by atoms with van der Waals surface area (Å²) in [5, 5.41) is 0. The third-order valence-corrected chi connectivity index (χ3v) is 3.68. The second-order valence-electron chi connectivity index (χ2n) is 5.86. The van der Waals surface area contributed by atoms with Gasteiger partial charge in [-0.1, -0.05) is 75.8 Å². The first kappa shape index (κ1) is 17.7. The van der Waals surface area contributed by atoms with E-state index in [0.717, 1.165) is 19.3 Å². The SMILES string of the molecule is CCCCCCCCCC(=O)O[C@@H](C)Cc1ccccc1. The summed E-state index contributed by atoms with van der Waals surface area (Å²) < 4.78 is 5.46. The van der Waals surface area contributed by atoms with E-state index in [-0.39, 0.29) is 12.1 Å². The molecule has 0 aliphatic rings. The van der Waals surface area contributed by atoms with Crippen LogP contribution in [-0.2, 0) is 16.0 Å². The van der Waals surface area contributed by atoms with Crippen LogP contribution in [0.5, 0.6) is 0 Å². The minimum Gasteiger partial charge on any atom is -0.462 e. The lowest BCUT2D eigenvalue weighted by molar-refractivity contribution is -0.148. The molecule has 0 bridgehead atoms. The molecule has 0 radical (unpaired) electrons. The topological polar surface area (TPSA) is 26.3 Å². The Labute approximate surface area is 129 Å². The quantitative estimate of drug-likeness (QED) is 0.408. The highest BCUT2D eigenvalue weighted by molar-refractivity contribution is 5.69. The Balaban J connectivity index is 2.05. The number of ether oxygens (including phenoxy) is 1. The number of hydrogen-bond donors (Lipinski definition) is 0. The molecule has 0 aromatic heterocycles. The van der Waals surface area contributed by atoms with E-state index in [1.54, 1.807) is 0 Å². The lowest BCUT2D eigenvalue weighted by Gasteiger charge is -2.13. The average molecular weight is 290 g/mol. The molecule has 21 heavy (non-hydrogen) atoms. The molecule has 0 spiro atoms. The van der Waals surface area contributed by atoms with Crippen molar-refractivity contribution in [2.24, 2.45) is 0 Å². The van der Waals surface area contributed by atoms with Crippen LogP contribution in [0, 0.1) is 0 Å². The summed E-state index contributed by atoms with van der Waals surface area (Å²) in [6.45, 7) is 4.20. The zero-order chi connectivity index (χ0) is 15.3. The second kappa shape index (κ2) is 11.4. The Morgan fingerprint density at radius 2 is 1.62 bits per heavy atom. The summed E-state index contributed by atoms with van der Waals surface area (Å²) in [6, 6.07) is 10.2. The molecule has 0 unspecified atom stereocenters. The van der Waals surface area contributed by atoms with Gasteiger partial charge in [0.25, 0.3) is 0 Å².